The fourth-order valence-corrected chi connectivity index (χ4v) is 9.18. The van der Waals surface area contributed by atoms with Gasteiger partial charge in [-0.05, 0) is 108 Å². The van der Waals surface area contributed by atoms with Crippen LogP contribution in [-0.2, 0) is 0 Å². The Bertz CT molecular complexity index is 3470. The fraction of sp³-hybridized carbons (Fsp3) is 0. The number of para-hydroxylation sites is 2. The summed E-state index contributed by atoms with van der Waals surface area (Å²) in [6.45, 7) is 0. The van der Waals surface area contributed by atoms with Gasteiger partial charge in [-0.25, -0.2) is 0 Å². The summed E-state index contributed by atoms with van der Waals surface area (Å²) in [6, 6.07) is 69.8. The van der Waals surface area contributed by atoms with E-state index in [0.29, 0.717) is 0 Å². The Morgan fingerprint density at radius 2 is 0.804 bits per heavy atom. The molecular weight excluding hydrogens is 681 g/mol. The van der Waals surface area contributed by atoms with E-state index in [4.69, 9.17) is 8.83 Å². The highest BCUT2D eigenvalue weighted by molar-refractivity contribution is 6.27. The van der Waals surface area contributed by atoms with Crippen molar-refractivity contribution in [1.29, 1.82) is 0 Å². The fourth-order valence-electron chi connectivity index (χ4n) is 9.18. The van der Waals surface area contributed by atoms with Crippen LogP contribution in [-0.4, -0.2) is 0 Å². The van der Waals surface area contributed by atoms with E-state index >= 15 is 0 Å². The smallest absolute Gasteiger partial charge is 0.143 e. The van der Waals surface area contributed by atoms with E-state index in [-0.39, 0.29) is 0 Å². The Labute approximate surface area is 322 Å². The van der Waals surface area contributed by atoms with Crippen molar-refractivity contribution in [1.82, 2.24) is 0 Å². The van der Waals surface area contributed by atoms with Gasteiger partial charge >= 0.3 is 0 Å². The zero-order valence-corrected chi connectivity index (χ0v) is 30.3. The molecule has 0 aliphatic rings. The summed E-state index contributed by atoms with van der Waals surface area (Å²) in [5.41, 5.74) is 12.9. The molecule has 0 fully saturated rings. The standard InChI is InChI=1S/C54H32O2/c1-2-14-33(15-3-1)36-30-34-16-4-5-17-37(34)47(31-36)52-43-21-8-6-19-41(43)51(42-20-7-9-22-44(42)52)46-29-28-38(53-45-23-11-13-25-49(45)56-54(46)53)35-26-27-40-39-18-10-12-24-48(39)55-50(40)32-35/h1-32H. The first-order valence-corrected chi connectivity index (χ1v) is 19.2. The van der Waals surface area contributed by atoms with Crippen LogP contribution in [0.3, 0.4) is 0 Å². The second-order valence-electron chi connectivity index (χ2n) is 14.7. The third-order valence-corrected chi connectivity index (χ3v) is 11.7. The summed E-state index contributed by atoms with van der Waals surface area (Å²) in [6.07, 6.45) is 0. The molecule has 0 N–H and O–H groups in total. The van der Waals surface area contributed by atoms with Gasteiger partial charge in [-0.3, -0.25) is 0 Å². The van der Waals surface area contributed by atoms with Gasteiger partial charge in [0, 0.05) is 32.7 Å². The number of hydrogen-bond acceptors (Lipinski definition) is 2. The zero-order chi connectivity index (χ0) is 36.7. The van der Waals surface area contributed by atoms with Crippen LogP contribution in [0.4, 0.5) is 0 Å². The Balaban J connectivity index is 1.16. The van der Waals surface area contributed by atoms with Crippen LogP contribution in [0, 0.1) is 0 Å². The van der Waals surface area contributed by atoms with Crippen LogP contribution < -0.4 is 0 Å². The minimum absolute atomic E-state index is 0.871. The molecule has 0 unspecified atom stereocenters. The van der Waals surface area contributed by atoms with Gasteiger partial charge in [0.2, 0.25) is 0 Å². The minimum Gasteiger partial charge on any atom is -0.456 e. The minimum atomic E-state index is 0.871. The Hall–Kier alpha value is -7.42. The van der Waals surface area contributed by atoms with E-state index in [2.05, 4.69) is 182 Å². The number of furan rings is 2. The average Bonchev–Trinajstić information content (AvgIpc) is 3.84. The molecule has 2 heteroatoms. The quantitative estimate of drug-likeness (QED) is 0.170. The van der Waals surface area contributed by atoms with Crippen LogP contribution in [0.25, 0.3) is 121 Å². The van der Waals surface area contributed by atoms with Crippen molar-refractivity contribution < 1.29 is 8.83 Å². The SMILES string of the molecule is c1ccc(-c2cc(-c3c4ccccc4c(-c4ccc(-c5ccc6c(c5)oc5ccccc56)c5c4oc4ccccc45)c4ccccc34)c3ccccc3c2)cc1. The molecule has 12 rings (SSSR count). The molecule has 2 aromatic heterocycles. The molecule has 0 atom stereocenters. The molecule has 0 bridgehead atoms. The Morgan fingerprint density at radius 1 is 0.268 bits per heavy atom. The summed E-state index contributed by atoms with van der Waals surface area (Å²) >= 11 is 0. The number of rotatable bonds is 4. The van der Waals surface area contributed by atoms with E-state index in [1.165, 1.54) is 60.1 Å². The van der Waals surface area contributed by atoms with Gasteiger partial charge in [0.25, 0.3) is 0 Å². The topological polar surface area (TPSA) is 26.3 Å². The second-order valence-corrected chi connectivity index (χ2v) is 14.7. The van der Waals surface area contributed by atoms with E-state index in [1.807, 2.05) is 12.1 Å². The normalized spacial score (nSPS) is 11.9. The monoisotopic (exact) mass is 712 g/mol. The molecule has 2 heterocycles. The molecule has 0 aliphatic carbocycles. The Kier molecular flexibility index (Phi) is 6.66. The molecule has 260 valence electrons. The molecule has 56 heavy (non-hydrogen) atoms. The number of benzene rings is 10. The molecule has 0 saturated carbocycles. The van der Waals surface area contributed by atoms with Crippen molar-refractivity contribution in [3.8, 4) is 44.5 Å². The van der Waals surface area contributed by atoms with Crippen LogP contribution in [0.15, 0.2) is 203 Å². The highest BCUT2D eigenvalue weighted by Gasteiger charge is 2.23. The highest BCUT2D eigenvalue weighted by atomic mass is 16.3. The largest absolute Gasteiger partial charge is 0.456 e. The van der Waals surface area contributed by atoms with Gasteiger partial charge in [0.15, 0.2) is 0 Å². The highest BCUT2D eigenvalue weighted by Crippen LogP contribution is 2.50. The van der Waals surface area contributed by atoms with Crippen molar-refractivity contribution in [3.63, 3.8) is 0 Å². The maximum atomic E-state index is 6.95. The first-order valence-electron chi connectivity index (χ1n) is 19.2. The molecule has 0 radical (unpaired) electrons. The lowest BCUT2D eigenvalue weighted by molar-refractivity contribution is 0.668. The third kappa shape index (κ3) is 4.57. The van der Waals surface area contributed by atoms with E-state index < -0.39 is 0 Å². The summed E-state index contributed by atoms with van der Waals surface area (Å²) in [5, 5.41) is 11.7. The molecule has 2 nitrogen and oxygen atoms in total. The van der Waals surface area contributed by atoms with Gasteiger partial charge in [-0.15, -0.1) is 0 Å². The maximum Gasteiger partial charge on any atom is 0.143 e. The van der Waals surface area contributed by atoms with Gasteiger partial charge < -0.3 is 8.83 Å². The lowest BCUT2D eigenvalue weighted by Crippen LogP contribution is -1.93. The lowest BCUT2D eigenvalue weighted by Gasteiger charge is -2.20. The van der Waals surface area contributed by atoms with Crippen LogP contribution in [0.2, 0.25) is 0 Å². The summed E-state index contributed by atoms with van der Waals surface area (Å²) < 4.78 is 13.3. The van der Waals surface area contributed by atoms with Crippen molar-refractivity contribution in [2.75, 3.05) is 0 Å². The van der Waals surface area contributed by atoms with Crippen molar-refractivity contribution in [3.05, 3.63) is 194 Å². The van der Waals surface area contributed by atoms with Crippen LogP contribution in [0.1, 0.15) is 0 Å². The molecule has 0 amide bonds. The maximum absolute atomic E-state index is 6.95. The molecule has 0 spiro atoms. The number of hydrogen-bond donors (Lipinski definition) is 0. The van der Waals surface area contributed by atoms with Gasteiger partial charge in [-0.1, -0.05) is 152 Å². The van der Waals surface area contributed by atoms with Crippen LogP contribution in [0.5, 0.6) is 0 Å². The summed E-state index contributed by atoms with van der Waals surface area (Å²) in [4.78, 5) is 0. The molecule has 0 aliphatic heterocycles. The van der Waals surface area contributed by atoms with E-state index in [0.717, 1.165) is 60.6 Å². The van der Waals surface area contributed by atoms with Crippen molar-refractivity contribution >= 4 is 76.2 Å². The van der Waals surface area contributed by atoms with Crippen molar-refractivity contribution in [2.45, 2.75) is 0 Å². The molecular formula is C54H32O2. The first kappa shape index (κ1) is 31.0. The lowest BCUT2D eigenvalue weighted by atomic mass is 9.83. The van der Waals surface area contributed by atoms with E-state index in [9.17, 15) is 0 Å². The third-order valence-electron chi connectivity index (χ3n) is 11.7. The Morgan fingerprint density at radius 3 is 1.52 bits per heavy atom. The molecule has 10 aromatic carbocycles. The van der Waals surface area contributed by atoms with Crippen molar-refractivity contribution in [2.24, 2.45) is 0 Å². The predicted octanol–water partition coefficient (Wildman–Crippen LogP) is 15.6. The molecule has 12 aromatic rings. The zero-order valence-electron chi connectivity index (χ0n) is 30.3. The van der Waals surface area contributed by atoms with Gasteiger partial charge in [0.05, 0.1) is 0 Å². The summed E-state index contributed by atoms with van der Waals surface area (Å²) in [7, 11) is 0. The van der Waals surface area contributed by atoms with E-state index in [1.54, 1.807) is 0 Å². The number of fused-ring (bicyclic) bond motifs is 9. The first-order chi connectivity index (χ1) is 27.8. The second kappa shape index (κ2) is 12.0. The molecule has 0 saturated heterocycles. The average molecular weight is 713 g/mol. The van der Waals surface area contributed by atoms with Gasteiger partial charge in [0.1, 0.15) is 22.3 Å². The van der Waals surface area contributed by atoms with Crippen LogP contribution >= 0.6 is 0 Å². The van der Waals surface area contributed by atoms with Gasteiger partial charge in [-0.2, -0.15) is 0 Å². The summed E-state index contributed by atoms with van der Waals surface area (Å²) in [5.74, 6) is 0. The predicted molar refractivity (Wildman–Crippen MR) is 235 cm³/mol.